The molecule has 68 valence electrons. The van der Waals surface area contributed by atoms with E-state index in [4.69, 9.17) is 5.21 Å². The van der Waals surface area contributed by atoms with E-state index < -0.39 is 0 Å². The summed E-state index contributed by atoms with van der Waals surface area (Å²) in [5.74, 6) is -0.236. The molecule has 0 heterocycles. The number of hydrogen-bond donors (Lipinski definition) is 1. The van der Waals surface area contributed by atoms with Gasteiger partial charge in [-0.3, -0.25) is 4.79 Å². The number of benzene rings is 1. The zero-order valence-electron chi connectivity index (χ0n) is 7.61. The number of carbonyl (C=O) groups is 1. The lowest BCUT2D eigenvalue weighted by molar-refractivity contribution is 0.106. The molecule has 0 fully saturated rings. The zero-order chi connectivity index (χ0) is 9.84. The van der Waals surface area contributed by atoms with Gasteiger partial charge < -0.3 is 5.21 Å². The van der Waals surface area contributed by atoms with E-state index in [9.17, 15) is 4.79 Å². The minimum absolute atomic E-state index is 0.106. The second-order valence-corrected chi connectivity index (χ2v) is 2.83. The Morgan fingerprint density at radius 3 is 2.54 bits per heavy atom. The molecule has 0 unspecified atom stereocenters. The van der Waals surface area contributed by atoms with Gasteiger partial charge in [-0.2, -0.15) is 0 Å². The average Bonchev–Trinajstić information content (AvgIpc) is 2.16. The SMILES string of the molecule is C/C(=N/O)C(=O)c1ccccc1C. The lowest BCUT2D eigenvalue weighted by Crippen LogP contribution is -2.11. The van der Waals surface area contributed by atoms with Crippen LogP contribution in [-0.2, 0) is 0 Å². The number of ketones is 1. The van der Waals surface area contributed by atoms with Crippen molar-refractivity contribution in [1.29, 1.82) is 0 Å². The van der Waals surface area contributed by atoms with E-state index in [1.807, 2.05) is 19.1 Å². The fraction of sp³-hybridized carbons (Fsp3) is 0.200. The number of aryl methyl sites for hydroxylation is 1. The van der Waals surface area contributed by atoms with Crippen molar-refractivity contribution in [3.63, 3.8) is 0 Å². The van der Waals surface area contributed by atoms with E-state index >= 15 is 0 Å². The monoisotopic (exact) mass is 177 g/mol. The van der Waals surface area contributed by atoms with Crippen molar-refractivity contribution in [3.05, 3.63) is 35.4 Å². The summed E-state index contributed by atoms with van der Waals surface area (Å²) >= 11 is 0. The molecule has 0 radical (unpaired) electrons. The first-order valence-electron chi connectivity index (χ1n) is 3.96. The number of Topliss-reactive ketones (excluding diaryl/α,β-unsaturated/α-hetero) is 1. The van der Waals surface area contributed by atoms with Crippen molar-refractivity contribution in [1.82, 2.24) is 0 Å². The highest BCUT2D eigenvalue weighted by Gasteiger charge is 2.11. The minimum atomic E-state index is -0.236. The van der Waals surface area contributed by atoms with Gasteiger partial charge in [-0.05, 0) is 19.4 Å². The fourth-order valence-corrected chi connectivity index (χ4v) is 1.07. The summed E-state index contributed by atoms with van der Waals surface area (Å²) in [4.78, 5) is 11.5. The lowest BCUT2D eigenvalue weighted by atomic mass is 10.0. The summed E-state index contributed by atoms with van der Waals surface area (Å²) in [6.07, 6.45) is 0. The maximum Gasteiger partial charge on any atom is 0.210 e. The first-order valence-corrected chi connectivity index (χ1v) is 3.96. The van der Waals surface area contributed by atoms with Gasteiger partial charge in [0.2, 0.25) is 5.78 Å². The number of nitrogens with zero attached hydrogens (tertiary/aromatic N) is 1. The van der Waals surface area contributed by atoms with Crippen LogP contribution in [-0.4, -0.2) is 16.7 Å². The van der Waals surface area contributed by atoms with Crippen LogP contribution in [0.4, 0.5) is 0 Å². The van der Waals surface area contributed by atoms with Gasteiger partial charge in [0.15, 0.2) is 0 Å². The molecule has 1 N–H and O–H groups in total. The van der Waals surface area contributed by atoms with Crippen molar-refractivity contribution in [2.24, 2.45) is 5.16 Å². The molecule has 1 aromatic carbocycles. The van der Waals surface area contributed by atoms with Gasteiger partial charge in [0.05, 0.1) is 0 Å². The third-order valence-electron chi connectivity index (χ3n) is 1.87. The summed E-state index contributed by atoms with van der Waals surface area (Å²) in [5, 5.41) is 11.3. The molecular formula is C10H11NO2. The van der Waals surface area contributed by atoms with Crippen LogP contribution in [0.15, 0.2) is 29.4 Å². The van der Waals surface area contributed by atoms with Crippen molar-refractivity contribution in [2.45, 2.75) is 13.8 Å². The smallest absolute Gasteiger partial charge is 0.210 e. The largest absolute Gasteiger partial charge is 0.411 e. The highest BCUT2D eigenvalue weighted by molar-refractivity contribution is 6.45. The summed E-state index contributed by atoms with van der Waals surface area (Å²) in [6.45, 7) is 3.33. The molecule has 0 atom stereocenters. The molecule has 13 heavy (non-hydrogen) atoms. The molecule has 0 aliphatic rings. The summed E-state index contributed by atoms with van der Waals surface area (Å²) in [5.41, 5.74) is 1.57. The maximum atomic E-state index is 11.5. The van der Waals surface area contributed by atoms with Gasteiger partial charge in [0, 0.05) is 5.56 Å². The molecule has 0 spiro atoms. The van der Waals surface area contributed by atoms with E-state index in [1.54, 1.807) is 12.1 Å². The number of carbonyl (C=O) groups excluding carboxylic acids is 1. The molecule has 0 aliphatic heterocycles. The Hall–Kier alpha value is -1.64. The van der Waals surface area contributed by atoms with Crippen LogP contribution < -0.4 is 0 Å². The fourth-order valence-electron chi connectivity index (χ4n) is 1.07. The molecule has 0 saturated carbocycles. The minimum Gasteiger partial charge on any atom is -0.411 e. The second kappa shape index (κ2) is 3.85. The van der Waals surface area contributed by atoms with Crippen LogP contribution in [0, 0.1) is 6.92 Å². The zero-order valence-corrected chi connectivity index (χ0v) is 7.61. The molecule has 0 saturated heterocycles. The van der Waals surface area contributed by atoms with E-state index in [0.29, 0.717) is 5.56 Å². The van der Waals surface area contributed by atoms with Gasteiger partial charge in [0.25, 0.3) is 0 Å². The molecule has 1 aromatic rings. The van der Waals surface area contributed by atoms with E-state index in [-0.39, 0.29) is 11.5 Å². The number of oxime groups is 1. The van der Waals surface area contributed by atoms with Gasteiger partial charge in [-0.25, -0.2) is 0 Å². The predicted octanol–water partition coefficient (Wildman–Crippen LogP) is 2.03. The molecular weight excluding hydrogens is 166 g/mol. The molecule has 3 heteroatoms. The summed E-state index contributed by atoms with van der Waals surface area (Å²) in [6, 6.07) is 7.20. The highest BCUT2D eigenvalue weighted by Crippen LogP contribution is 2.08. The van der Waals surface area contributed by atoms with E-state index in [1.165, 1.54) is 6.92 Å². The van der Waals surface area contributed by atoms with Gasteiger partial charge in [0.1, 0.15) is 5.71 Å². The molecule has 0 aliphatic carbocycles. The molecule has 0 bridgehead atoms. The Morgan fingerprint density at radius 2 is 2.00 bits per heavy atom. The average molecular weight is 177 g/mol. The number of rotatable bonds is 2. The topological polar surface area (TPSA) is 49.7 Å². The van der Waals surface area contributed by atoms with Gasteiger partial charge in [-0.15, -0.1) is 0 Å². The van der Waals surface area contributed by atoms with Crippen molar-refractivity contribution in [3.8, 4) is 0 Å². The summed E-state index contributed by atoms with van der Waals surface area (Å²) < 4.78 is 0. The Balaban J connectivity index is 3.10. The standard InChI is InChI=1S/C10H11NO2/c1-7-5-3-4-6-9(7)10(12)8(2)11-13/h3-6,13H,1-2H3/b11-8-. The Morgan fingerprint density at radius 1 is 1.38 bits per heavy atom. The van der Waals surface area contributed by atoms with Crippen LogP contribution in [0.5, 0.6) is 0 Å². The van der Waals surface area contributed by atoms with E-state index in [2.05, 4.69) is 5.16 Å². The molecule has 0 amide bonds. The normalized spacial score (nSPS) is 11.4. The number of hydrogen-bond acceptors (Lipinski definition) is 3. The highest BCUT2D eigenvalue weighted by atomic mass is 16.4. The van der Waals surface area contributed by atoms with Crippen LogP contribution in [0.25, 0.3) is 0 Å². The third kappa shape index (κ3) is 1.93. The Labute approximate surface area is 76.7 Å². The Bertz CT molecular complexity index is 356. The maximum absolute atomic E-state index is 11.5. The van der Waals surface area contributed by atoms with Crippen molar-refractivity contribution < 1.29 is 10.0 Å². The second-order valence-electron chi connectivity index (χ2n) is 2.83. The quantitative estimate of drug-likeness (QED) is 0.325. The van der Waals surface area contributed by atoms with Crippen LogP contribution in [0.2, 0.25) is 0 Å². The predicted molar refractivity (Wildman–Crippen MR) is 50.4 cm³/mol. The van der Waals surface area contributed by atoms with Crippen molar-refractivity contribution >= 4 is 11.5 Å². The van der Waals surface area contributed by atoms with E-state index in [0.717, 1.165) is 5.56 Å². The van der Waals surface area contributed by atoms with Crippen molar-refractivity contribution in [2.75, 3.05) is 0 Å². The first kappa shape index (κ1) is 9.45. The van der Waals surface area contributed by atoms with Crippen LogP contribution in [0.3, 0.4) is 0 Å². The third-order valence-corrected chi connectivity index (χ3v) is 1.87. The summed E-state index contributed by atoms with van der Waals surface area (Å²) in [7, 11) is 0. The van der Waals surface area contributed by atoms with Gasteiger partial charge >= 0.3 is 0 Å². The first-order chi connectivity index (χ1) is 6.16. The molecule has 3 nitrogen and oxygen atoms in total. The van der Waals surface area contributed by atoms with Gasteiger partial charge in [-0.1, -0.05) is 29.4 Å². The lowest BCUT2D eigenvalue weighted by Gasteiger charge is -2.01. The van der Waals surface area contributed by atoms with Crippen LogP contribution in [0.1, 0.15) is 22.8 Å². The Kier molecular flexibility index (Phi) is 2.80. The molecule has 1 rings (SSSR count). The van der Waals surface area contributed by atoms with Crippen LogP contribution >= 0.6 is 0 Å². The molecule has 0 aromatic heterocycles.